The highest BCUT2D eigenvalue weighted by Crippen LogP contribution is 2.37. The van der Waals surface area contributed by atoms with Crippen LogP contribution in [-0.4, -0.2) is 47.8 Å². The number of thioether (sulfide) groups is 1. The number of rotatable bonds is 7. The first-order chi connectivity index (χ1) is 9.24. The molecule has 1 aromatic carbocycles. The van der Waals surface area contributed by atoms with E-state index in [0.29, 0.717) is 6.61 Å². The summed E-state index contributed by atoms with van der Waals surface area (Å²) in [6, 6.07) is 10.2. The van der Waals surface area contributed by atoms with Crippen molar-refractivity contribution in [1.29, 1.82) is 0 Å². The number of likely N-dealkylation sites (N-methyl/N-ethyl adjacent to an activating group) is 1. The van der Waals surface area contributed by atoms with Gasteiger partial charge >= 0.3 is 0 Å². The molecule has 0 bridgehead atoms. The Kier molecular flexibility index (Phi) is 5.70. The van der Waals surface area contributed by atoms with Gasteiger partial charge in [0.15, 0.2) is 0 Å². The van der Waals surface area contributed by atoms with Gasteiger partial charge in [0.25, 0.3) is 0 Å². The lowest BCUT2D eigenvalue weighted by Gasteiger charge is -2.40. The second kappa shape index (κ2) is 7.29. The molecule has 4 heteroatoms. The fourth-order valence-electron chi connectivity index (χ4n) is 2.21. The number of ether oxygens (including phenoxy) is 1. The molecule has 3 nitrogen and oxygen atoms in total. The minimum absolute atomic E-state index is 0.0907. The van der Waals surface area contributed by atoms with Gasteiger partial charge in [-0.2, -0.15) is 0 Å². The summed E-state index contributed by atoms with van der Waals surface area (Å²) in [6.45, 7) is 7.64. The average Bonchev–Trinajstić information content (AvgIpc) is 2.42. The Morgan fingerprint density at radius 3 is 2.53 bits per heavy atom. The van der Waals surface area contributed by atoms with E-state index in [9.17, 15) is 5.11 Å². The number of hydrogen-bond acceptors (Lipinski definition) is 4. The SMILES string of the molecule is CCN(CC)C[C@@H](O)[C@H]1CO[C@@H]1Sc1ccccc1. The summed E-state index contributed by atoms with van der Waals surface area (Å²) in [4.78, 5) is 3.46. The Labute approximate surface area is 120 Å². The van der Waals surface area contributed by atoms with Crippen molar-refractivity contribution in [2.75, 3.05) is 26.2 Å². The average molecular weight is 281 g/mol. The Bertz CT molecular complexity index is 370. The van der Waals surface area contributed by atoms with Crippen molar-refractivity contribution in [2.45, 2.75) is 30.3 Å². The van der Waals surface area contributed by atoms with Gasteiger partial charge in [0, 0.05) is 17.4 Å². The van der Waals surface area contributed by atoms with Crippen molar-refractivity contribution in [3.63, 3.8) is 0 Å². The van der Waals surface area contributed by atoms with E-state index in [0.717, 1.165) is 19.6 Å². The minimum atomic E-state index is -0.296. The lowest BCUT2D eigenvalue weighted by Crippen LogP contribution is -2.49. The molecule has 0 unspecified atom stereocenters. The molecule has 1 aliphatic rings. The molecule has 2 rings (SSSR count). The molecule has 0 saturated carbocycles. The van der Waals surface area contributed by atoms with Crippen LogP contribution in [0.3, 0.4) is 0 Å². The number of hydrogen-bond donors (Lipinski definition) is 1. The molecule has 1 saturated heterocycles. The Morgan fingerprint density at radius 1 is 1.32 bits per heavy atom. The van der Waals surface area contributed by atoms with Gasteiger partial charge in [0.05, 0.1) is 12.7 Å². The zero-order chi connectivity index (χ0) is 13.7. The molecule has 0 aliphatic carbocycles. The van der Waals surface area contributed by atoms with Crippen molar-refractivity contribution in [3.05, 3.63) is 30.3 Å². The van der Waals surface area contributed by atoms with Gasteiger partial charge in [-0.25, -0.2) is 0 Å². The van der Waals surface area contributed by atoms with Gasteiger partial charge in [-0.15, -0.1) is 0 Å². The maximum atomic E-state index is 10.3. The summed E-state index contributed by atoms with van der Waals surface area (Å²) in [6.07, 6.45) is -0.296. The van der Waals surface area contributed by atoms with Gasteiger partial charge in [-0.05, 0) is 25.2 Å². The van der Waals surface area contributed by atoms with Gasteiger partial charge in [0.2, 0.25) is 0 Å². The van der Waals surface area contributed by atoms with Crippen LogP contribution in [0, 0.1) is 5.92 Å². The topological polar surface area (TPSA) is 32.7 Å². The quantitative estimate of drug-likeness (QED) is 0.832. The van der Waals surface area contributed by atoms with Gasteiger partial charge in [-0.1, -0.05) is 43.8 Å². The predicted molar refractivity (Wildman–Crippen MR) is 79.3 cm³/mol. The number of aliphatic hydroxyl groups excluding tert-OH is 1. The third-order valence-electron chi connectivity index (χ3n) is 3.63. The highest BCUT2D eigenvalue weighted by Gasteiger charge is 2.38. The first-order valence-electron chi connectivity index (χ1n) is 6.98. The van der Waals surface area contributed by atoms with Gasteiger partial charge in [-0.3, -0.25) is 0 Å². The number of benzene rings is 1. The molecule has 19 heavy (non-hydrogen) atoms. The van der Waals surface area contributed by atoms with E-state index in [-0.39, 0.29) is 17.5 Å². The van der Waals surface area contributed by atoms with Crippen LogP contribution in [0.25, 0.3) is 0 Å². The van der Waals surface area contributed by atoms with Crippen LogP contribution in [0.4, 0.5) is 0 Å². The van der Waals surface area contributed by atoms with Crippen LogP contribution in [0.15, 0.2) is 35.2 Å². The van der Waals surface area contributed by atoms with Crippen LogP contribution in [0.5, 0.6) is 0 Å². The smallest absolute Gasteiger partial charge is 0.115 e. The van der Waals surface area contributed by atoms with Crippen LogP contribution in [0.1, 0.15) is 13.8 Å². The first kappa shape index (κ1) is 14.9. The lowest BCUT2D eigenvalue weighted by atomic mass is 10.00. The Hall–Kier alpha value is -0.550. The van der Waals surface area contributed by atoms with E-state index >= 15 is 0 Å². The van der Waals surface area contributed by atoms with Crippen molar-refractivity contribution in [3.8, 4) is 0 Å². The van der Waals surface area contributed by atoms with Crippen molar-refractivity contribution in [2.24, 2.45) is 5.92 Å². The molecular formula is C15H23NO2S. The fraction of sp³-hybridized carbons (Fsp3) is 0.600. The van der Waals surface area contributed by atoms with E-state index in [1.165, 1.54) is 4.90 Å². The predicted octanol–water partition coefficient (Wildman–Crippen LogP) is 2.45. The number of aliphatic hydroxyl groups is 1. The first-order valence-corrected chi connectivity index (χ1v) is 7.86. The summed E-state index contributed by atoms with van der Waals surface area (Å²) in [5.74, 6) is 0.241. The molecule has 1 aromatic rings. The second-order valence-corrected chi connectivity index (χ2v) is 6.02. The molecule has 0 aromatic heterocycles. The zero-order valence-electron chi connectivity index (χ0n) is 11.7. The monoisotopic (exact) mass is 281 g/mol. The van der Waals surface area contributed by atoms with E-state index in [2.05, 4.69) is 30.9 Å². The van der Waals surface area contributed by atoms with E-state index in [1.807, 2.05) is 18.2 Å². The molecule has 1 fully saturated rings. The maximum absolute atomic E-state index is 10.3. The summed E-state index contributed by atoms with van der Waals surface area (Å²) < 4.78 is 5.60. The van der Waals surface area contributed by atoms with E-state index in [4.69, 9.17) is 4.74 Å². The van der Waals surface area contributed by atoms with Crippen LogP contribution >= 0.6 is 11.8 Å². The highest BCUT2D eigenvalue weighted by atomic mass is 32.2. The summed E-state index contributed by atoms with van der Waals surface area (Å²) in [7, 11) is 0. The molecule has 3 atom stereocenters. The molecular weight excluding hydrogens is 258 g/mol. The maximum Gasteiger partial charge on any atom is 0.115 e. The van der Waals surface area contributed by atoms with E-state index in [1.54, 1.807) is 11.8 Å². The summed E-state index contributed by atoms with van der Waals surface area (Å²) >= 11 is 1.71. The molecule has 0 radical (unpaired) electrons. The minimum Gasteiger partial charge on any atom is -0.391 e. The largest absolute Gasteiger partial charge is 0.391 e. The van der Waals surface area contributed by atoms with E-state index < -0.39 is 0 Å². The van der Waals surface area contributed by atoms with Gasteiger partial charge in [0.1, 0.15) is 5.44 Å². The number of nitrogens with zero attached hydrogens (tertiary/aromatic N) is 1. The molecule has 0 spiro atoms. The third kappa shape index (κ3) is 3.96. The molecule has 106 valence electrons. The fourth-order valence-corrected chi connectivity index (χ4v) is 3.38. The molecule has 1 aliphatic heterocycles. The highest BCUT2D eigenvalue weighted by molar-refractivity contribution is 7.99. The Morgan fingerprint density at radius 2 is 2.00 bits per heavy atom. The third-order valence-corrected chi connectivity index (χ3v) is 4.89. The summed E-state index contributed by atoms with van der Waals surface area (Å²) in [5, 5.41) is 10.3. The second-order valence-electron chi connectivity index (χ2n) is 4.85. The van der Waals surface area contributed by atoms with Crippen LogP contribution in [-0.2, 0) is 4.74 Å². The van der Waals surface area contributed by atoms with Gasteiger partial charge < -0.3 is 14.7 Å². The van der Waals surface area contributed by atoms with Crippen LogP contribution in [0.2, 0.25) is 0 Å². The zero-order valence-corrected chi connectivity index (χ0v) is 12.5. The van der Waals surface area contributed by atoms with Crippen LogP contribution < -0.4 is 0 Å². The molecule has 0 amide bonds. The Balaban J connectivity index is 1.84. The normalized spacial score (nSPS) is 24.2. The van der Waals surface area contributed by atoms with Crippen molar-refractivity contribution >= 4 is 11.8 Å². The standard InChI is InChI=1S/C15H23NO2S/c1-3-16(4-2)10-14(17)13-11-18-15(13)19-12-8-6-5-7-9-12/h5-9,13-15,17H,3-4,10-11H2,1-2H3/t13-,14-,15-/m1/s1. The van der Waals surface area contributed by atoms with Crippen molar-refractivity contribution in [1.82, 2.24) is 4.90 Å². The molecule has 1 heterocycles. The lowest BCUT2D eigenvalue weighted by molar-refractivity contribution is -0.117. The molecule has 1 N–H and O–H groups in total. The van der Waals surface area contributed by atoms with Crippen molar-refractivity contribution < 1.29 is 9.84 Å². The summed E-state index contributed by atoms with van der Waals surface area (Å²) in [5.41, 5.74) is 0.0907.